The van der Waals surface area contributed by atoms with Crippen molar-refractivity contribution >= 4 is 23.4 Å². The lowest BCUT2D eigenvalue weighted by atomic mass is 9.85. The number of methoxy groups -OCH3 is 1. The van der Waals surface area contributed by atoms with Crippen molar-refractivity contribution < 1.29 is 19.4 Å². The normalized spacial score (nSPS) is 20.5. The molecular formula is C25H33ClN2O4. The van der Waals surface area contributed by atoms with E-state index in [0.29, 0.717) is 23.9 Å². The number of hydrogen-bond acceptors (Lipinski definition) is 5. The molecule has 0 bridgehead atoms. The van der Waals surface area contributed by atoms with Crippen LogP contribution in [0.1, 0.15) is 57.4 Å². The smallest absolute Gasteiger partial charge is 0.307 e. The molecule has 32 heavy (non-hydrogen) atoms. The van der Waals surface area contributed by atoms with Crippen LogP contribution in [0.4, 0.5) is 5.82 Å². The highest BCUT2D eigenvalue weighted by atomic mass is 35.5. The van der Waals surface area contributed by atoms with Gasteiger partial charge in [0, 0.05) is 35.9 Å². The van der Waals surface area contributed by atoms with Crippen LogP contribution in [-0.2, 0) is 20.7 Å². The molecule has 1 N–H and O–H groups in total. The number of fused-ring (bicyclic) bond motifs is 1. The number of pyridine rings is 1. The topological polar surface area (TPSA) is 71.9 Å². The number of benzene rings is 1. The molecule has 2 unspecified atom stereocenters. The van der Waals surface area contributed by atoms with Crippen LogP contribution in [0.5, 0.6) is 0 Å². The molecule has 0 saturated heterocycles. The standard InChI is InChI=1S/C25H33ClN2O4/c1-15-21-22(17-8-10-18(26)11-9-17)19(14-20(29)30)16(2)27-23(21)28(12-13-31-7)25(15,6)32-24(3,4)5/h8-11,15H,12-14H2,1-7H3,(H,29,30). The van der Waals surface area contributed by atoms with E-state index in [1.807, 2.05) is 52.0 Å². The Labute approximate surface area is 195 Å². The Morgan fingerprint density at radius 1 is 1.28 bits per heavy atom. The van der Waals surface area contributed by atoms with E-state index in [4.69, 9.17) is 26.1 Å². The minimum absolute atomic E-state index is 0.0695. The Kier molecular flexibility index (Phi) is 6.89. The third-order valence-corrected chi connectivity index (χ3v) is 6.30. The van der Waals surface area contributed by atoms with Gasteiger partial charge in [-0.05, 0) is 63.4 Å². The van der Waals surface area contributed by atoms with Crippen LogP contribution in [0.3, 0.4) is 0 Å². The van der Waals surface area contributed by atoms with Crippen LogP contribution in [0.2, 0.25) is 5.02 Å². The number of nitrogens with zero attached hydrogens (tertiary/aromatic N) is 2. The van der Waals surface area contributed by atoms with Gasteiger partial charge in [-0.2, -0.15) is 0 Å². The Bertz CT molecular complexity index is 1000. The molecule has 0 amide bonds. The predicted molar refractivity (Wildman–Crippen MR) is 128 cm³/mol. The van der Waals surface area contributed by atoms with Gasteiger partial charge >= 0.3 is 5.97 Å². The summed E-state index contributed by atoms with van der Waals surface area (Å²) < 4.78 is 12.0. The van der Waals surface area contributed by atoms with Gasteiger partial charge in [0.25, 0.3) is 0 Å². The Balaban J connectivity index is 2.32. The van der Waals surface area contributed by atoms with Crippen molar-refractivity contribution in [2.75, 3.05) is 25.2 Å². The number of anilines is 1. The number of carboxylic acids is 1. The lowest BCUT2D eigenvalue weighted by Crippen LogP contribution is -2.53. The number of aromatic nitrogens is 1. The van der Waals surface area contributed by atoms with Crippen molar-refractivity contribution in [1.82, 2.24) is 4.98 Å². The number of aryl methyl sites for hydroxylation is 1. The first-order chi connectivity index (χ1) is 14.9. The molecule has 0 aliphatic carbocycles. The molecule has 174 valence electrons. The summed E-state index contributed by atoms with van der Waals surface area (Å²) in [5.74, 6) is -0.140. The lowest BCUT2D eigenvalue weighted by molar-refractivity contribution is -0.136. The molecule has 0 spiro atoms. The SMILES string of the molecule is COCCN1c2nc(C)c(CC(=O)O)c(-c3ccc(Cl)cc3)c2C(C)C1(C)OC(C)(C)C. The maximum Gasteiger partial charge on any atom is 0.307 e. The highest BCUT2D eigenvalue weighted by Gasteiger charge is 2.51. The van der Waals surface area contributed by atoms with Crippen LogP contribution in [0.15, 0.2) is 24.3 Å². The molecule has 1 aromatic carbocycles. The van der Waals surface area contributed by atoms with Gasteiger partial charge in [-0.1, -0.05) is 30.7 Å². The fourth-order valence-electron chi connectivity index (χ4n) is 4.66. The second kappa shape index (κ2) is 9.00. The summed E-state index contributed by atoms with van der Waals surface area (Å²) in [4.78, 5) is 18.8. The number of carbonyl (C=O) groups is 1. The van der Waals surface area contributed by atoms with E-state index in [1.54, 1.807) is 7.11 Å². The quantitative estimate of drug-likeness (QED) is 0.593. The monoisotopic (exact) mass is 460 g/mol. The molecule has 1 aliphatic heterocycles. The lowest BCUT2D eigenvalue weighted by Gasteiger charge is -2.43. The van der Waals surface area contributed by atoms with Crippen molar-refractivity contribution in [3.8, 4) is 11.1 Å². The number of aliphatic carboxylic acids is 1. The summed E-state index contributed by atoms with van der Waals surface area (Å²) >= 11 is 6.15. The van der Waals surface area contributed by atoms with Gasteiger partial charge in [0.15, 0.2) is 0 Å². The fraction of sp³-hybridized carbons (Fsp3) is 0.520. The van der Waals surface area contributed by atoms with Crippen molar-refractivity contribution in [2.24, 2.45) is 0 Å². The highest BCUT2D eigenvalue weighted by molar-refractivity contribution is 6.30. The van der Waals surface area contributed by atoms with Gasteiger partial charge in [-0.25, -0.2) is 4.98 Å². The molecule has 2 heterocycles. The molecule has 2 aromatic rings. The van der Waals surface area contributed by atoms with E-state index in [-0.39, 0.29) is 12.3 Å². The number of halogens is 1. The molecule has 2 atom stereocenters. The third kappa shape index (κ3) is 4.63. The summed E-state index contributed by atoms with van der Waals surface area (Å²) in [5, 5.41) is 10.3. The second-order valence-corrected chi connectivity index (χ2v) is 9.94. The van der Waals surface area contributed by atoms with Gasteiger partial charge in [0.1, 0.15) is 11.5 Å². The van der Waals surface area contributed by atoms with E-state index in [2.05, 4.69) is 18.7 Å². The van der Waals surface area contributed by atoms with Crippen LogP contribution in [0, 0.1) is 6.92 Å². The molecule has 1 aliphatic rings. The van der Waals surface area contributed by atoms with E-state index < -0.39 is 17.3 Å². The number of hydrogen-bond donors (Lipinski definition) is 1. The van der Waals surface area contributed by atoms with Gasteiger partial charge in [0.2, 0.25) is 0 Å². The largest absolute Gasteiger partial charge is 0.481 e. The zero-order valence-corrected chi connectivity index (χ0v) is 20.7. The number of ether oxygens (including phenoxy) is 2. The molecule has 1 aromatic heterocycles. The van der Waals surface area contributed by atoms with Crippen LogP contribution >= 0.6 is 11.6 Å². The van der Waals surface area contributed by atoms with Crippen molar-refractivity contribution in [2.45, 2.75) is 65.2 Å². The van der Waals surface area contributed by atoms with Crippen LogP contribution in [-0.4, -0.2) is 47.6 Å². The minimum atomic E-state index is -0.888. The Hall–Kier alpha value is -2.15. The maximum absolute atomic E-state index is 11.8. The molecule has 0 radical (unpaired) electrons. The Morgan fingerprint density at radius 2 is 1.91 bits per heavy atom. The van der Waals surface area contributed by atoms with Crippen LogP contribution < -0.4 is 4.90 Å². The third-order valence-electron chi connectivity index (χ3n) is 6.04. The molecule has 7 heteroatoms. The predicted octanol–water partition coefficient (Wildman–Crippen LogP) is 5.44. The van der Waals surface area contributed by atoms with E-state index >= 15 is 0 Å². The minimum Gasteiger partial charge on any atom is -0.481 e. The summed E-state index contributed by atoms with van der Waals surface area (Å²) in [6.07, 6.45) is -0.105. The van der Waals surface area contributed by atoms with Crippen LogP contribution in [0.25, 0.3) is 11.1 Å². The number of rotatable bonds is 7. The van der Waals surface area contributed by atoms with E-state index in [0.717, 1.165) is 28.1 Å². The molecule has 3 rings (SSSR count). The van der Waals surface area contributed by atoms with Gasteiger partial charge in [-0.3, -0.25) is 4.79 Å². The first-order valence-corrected chi connectivity index (χ1v) is 11.2. The molecule has 0 fully saturated rings. The first kappa shape index (κ1) is 24.5. The average Bonchev–Trinajstić information content (AvgIpc) is 2.86. The average molecular weight is 461 g/mol. The van der Waals surface area contributed by atoms with E-state index in [9.17, 15) is 9.90 Å². The molecule has 0 saturated carbocycles. The summed E-state index contributed by atoms with van der Waals surface area (Å²) in [6, 6.07) is 7.54. The summed E-state index contributed by atoms with van der Waals surface area (Å²) in [6.45, 7) is 13.3. The van der Waals surface area contributed by atoms with Gasteiger partial charge in [-0.15, -0.1) is 0 Å². The van der Waals surface area contributed by atoms with Crippen molar-refractivity contribution in [1.29, 1.82) is 0 Å². The maximum atomic E-state index is 11.8. The van der Waals surface area contributed by atoms with Gasteiger partial charge in [0.05, 0.1) is 18.6 Å². The molecular weight excluding hydrogens is 428 g/mol. The Morgan fingerprint density at radius 3 is 2.44 bits per heavy atom. The summed E-state index contributed by atoms with van der Waals surface area (Å²) in [5.41, 5.74) is 3.17. The zero-order valence-electron chi connectivity index (χ0n) is 20.0. The summed E-state index contributed by atoms with van der Waals surface area (Å²) in [7, 11) is 1.68. The zero-order chi connectivity index (χ0) is 23.8. The van der Waals surface area contributed by atoms with Crippen molar-refractivity contribution in [3.63, 3.8) is 0 Å². The van der Waals surface area contributed by atoms with E-state index in [1.165, 1.54) is 0 Å². The van der Waals surface area contributed by atoms with Crippen molar-refractivity contribution in [3.05, 3.63) is 46.1 Å². The molecule has 6 nitrogen and oxygen atoms in total. The highest BCUT2D eigenvalue weighted by Crippen LogP contribution is 2.53. The first-order valence-electron chi connectivity index (χ1n) is 10.9. The fourth-order valence-corrected chi connectivity index (χ4v) is 4.78. The second-order valence-electron chi connectivity index (χ2n) is 9.50. The number of carboxylic acid groups (broad SMARTS) is 1. The van der Waals surface area contributed by atoms with Gasteiger partial charge < -0.3 is 19.5 Å².